The van der Waals surface area contributed by atoms with E-state index in [0.29, 0.717) is 23.2 Å². The Morgan fingerprint density at radius 1 is 1.12 bits per heavy atom. The molecule has 25 heavy (non-hydrogen) atoms. The fourth-order valence-corrected chi connectivity index (χ4v) is 4.07. The molecule has 128 valence electrons. The maximum absolute atomic E-state index is 14.5. The normalized spacial score (nSPS) is 23.2. The first-order chi connectivity index (χ1) is 12.3. The number of H-pyrrole nitrogens is 1. The maximum atomic E-state index is 14.5. The molecule has 0 saturated carbocycles. The molecule has 7 heteroatoms. The lowest BCUT2D eigenvalue weighted by Crippen LogP contribution is -2.35. The van der Waals surface area contributed by atoms with E-state index in [9.17, 15) is 4.39 Å². The van der Waals surface area contributed by atoms with Gasteiger partial charge < -0.3 is 10.2 Å². The molecule has 6 nitrogen and oxygen atoms in total. The number of aromatic nitrogens is 4. The van der Waals surface area contributed by atoms with Crippen LogP contribution in [0.4, 0.5) is 10.2 Å². The first-order valence-corrected chi connectivity index (χ1v) is 8.71. The second-order valence-electron chi connectivity index (χ2n) is 6.89. The van der Waals surface area contributed by atoms with Gasteiger partial charge >= 0.3 is 0 Å². The van der Waals surface area contributed by atoms with E-state index in [1.807, 2.05) is 12.1 Å². The minimum Gasteiger partial charge on any atom is -0.356 e. The molecule has 5 rings (SSSR count). The largest absolute Gasteiger partial charge is 0.356 e. The number of hydrogen-bond donors (Lipinski definition) is 2. The van der Waals surface area contributed by atoms with Crippen LogP contribution in [0, 0.1) is 17.7 Å². The van der Waals surface area contributed by atoms with Gasteiger partial charge in [-0.2, -0.15) is 5.10 Å². The molecule has 0 radical (unpaired) electrons. The predicted octanol–water partition coefficient (Wildman–Crippen LogP) is 2.20. The van der Waals surface area contributed by atoms with Crippen LogP contribution >= 0.6 is 0 Å². The van der Waals surface area contributed by atoms with Gasteiger partial charge in [-0.3, -0.25) is 5.10 Å². The Bertz CT molecular complexity index is 909. The van der Waals surface area contributed by atoms with E-state index in [4.69, 9.17) is 0 Å². The molecule has 0 bridgehead atoms. The molecule has 2 atom stereocenters. The number of pyridine rings is 2. The standard InChI is InChI=1S/C18H19FN6/c19-14-3-4-15(25-9-11-5-7-20-8-12(11)10-25)22-17(14)16-13-2-1-6-21-18(13)24-23-16/h1-4,6,11-12,20H,5,7-10H2,(H,21,23,24). The summed E-state index contributed by atoms with van der Waals surface area (Å²) >= 11 is 0. The third-order valence-electron chi connectivity index (χ3n) is 5.39. The summed E-state index contributed by atoms with van der Waals surface area (Å²) in [5.41, 5.74) is 1.44. The van der Waals surface area contributed by atoms with Crippen LogP contribution in [-0.2, 0) is 0 Å². The number of halogens is 1. The molecule has 5 heterocycles. The van der Waals surface area contributed by atoms with Crippen LogP contribution < -0.4 is 10.2 Å². The van der Waals surface area contributed by atoms with Crippen LogP contribution in [0.5, 0.6) is 0 Å². The number of nitrogens with zero attached hydrogens (tertiary/aromatic N) is 4. The van der Waals surface area contributed by atoms with Gasteiger partial charge in [0.05, 0.1) is 0 Å². The number of aromatic amines is 1. The predicted molar refractivity (Wildman–Crippen MR) is 93.8 cm³/mol. The highest BCUT2D eigenvalue weighted by atomic mass is 19.1. The monoisotopic (exact) mass is 338 g/mol. The number of nitrogens with one attached hydrogen (secondary N) is 2. The SMILES string of the molecule is Fc1ccc(N2CC3CCNCC3C2)nc1-c1n[nH]c2ncccc12. The van der Waals surface area contributed by atoms with E-state index < -0.39 is 0 Å². The van der Waals surface area contributed by atoms with E-state index in [0.717, 1.165) is 37.4 Å². The highest BCUT2D eigenvalue weighted by molar-refractivity contribution is 5.89. The third-order valence-corrected chi connectivity index (χ3v) is 5.39. The summed E-state index contributed by atoms with van der Waals surface area (Å²) in [6, 6.07) is 6.97. The van der Waals surface area contributed by atoms with Gasteiger partial charge in [0.1, 0.15) is 17.2 Å². The van der Waals surface area contributed by atoms with Gasteiger partial charge in [-0.15, -0.1) is 0 Å². The Balaban J connectivity index is 1.53. The van der Waals surface area contributed by atoms with Crippen molar-refractivity contribution in [3.05, 3.63) is 36.3 Å². The molecule has 0 spiro atoms. The molecule has 3 aromatic rings. The quantitative estimate of drug-likeness (QED) is 0.750. The smallest absolute Gasteiger partial charge is 0.155 e. The zero-order chi connectivity index (χ0) is 16.8. The molecule has 2 saturated heterocycles. The minimum absolute atomic E-state index is 0.282. The van der Waals surface area contributed by atoms with Gasteiger partial charge in [0.15, 0.2) is 11.5 Å². The van der Waals surface area contributed by atoms with Crippen molar-refractivity contribution in [3.63, 3.8) is 0 Å². The summed E-state index contributed by atoms with van der Waals surface area (Å²) in [5, 5.41) is 11.3. The van der Waals surface area contributed by atoms with Gasteiger partial charge in [0.2, 0.25) is 0 Å². The van der Waals surface area contributed by atoms with E-state index in [-0.39, 0.29) is 11.5 Å². The molecule has 2 aliphatic heterocycles. The van der Waals surface area contributed by atoms with Crippen molar-refractivity contribution >= 4 is 16.9 Å². The van der Waals surface area contributed by atoms with E-state index >= 15 is 0 Å². The Labute approximate surface area is 144 Å². The molecule has 0 aliphatic carbocycles. The number of hydrogen-bond acceptors (Lipinski definition) is 5. The van der Waals surface area contributed by atoms with Crippen molar-refractivity contribution in [2.24, 2.45) is 11.8 Å². The molecular formula is C18H19FN6. The van der Waals surface area contributed by atoms with Crippen LogP contribution in [0.3, 0.4) is 0 Å². The molecule has 2 aliphatic rings. The van der Waals surface area contributed by atoms with E-state index in [1.54, 1.807) is 12.3 Å². The van der Waals surface area contributed by atoms with E-state index in [2.05, 4.69) is 30.4 Å². The fourth-order valence-electron chi connectivity index (χ4n) is 4.07. The van der Waals surface area contributed by atoms with Gasteiger partial charge in [-0.05, 0) is 55.6 Å². The van der Waals surface area contributed by atoms with Crippen molar-refractivity contribution < 1.29 is 4.39 Å². The summed E-state index contributed by atoms with van der Waals surface area (Å²) in [6.45, 7) is 4.11. The molecular weight excluding hydrogens is 319 g/mol. The first kappa shape index (κ1) is 14.8. The van der Waals surface area contributed by atoms with Crippen LogP contribution in [0.15, 0.2) is 30.5 Å². The zero-order valence-electron chi connectivity index (χ0n) is 13.7. The third kappa shape index (κ3) is 2.46. The summed E-state index contributed by atoms with van der Waals surface area (Å²) in [4.78, 5) is 11.1. The van der Waals surface area contributed by atoms with Gasteiger partial charge in [0, 0.05) is 24.7 Å². The lowest BCUT2D eigenvalue weighted by Gasteiger charge is -2.23. The summed E-state index contributed by atoms with van der Waals surface area (Å²) in [5.74, 6) is 1.82. The summed E-state index contributed by atoms with van der Waals surface area (Å²) < 4.78 is 14.5. The molecule has 3 aromatic heterocycles. The van der Waals surface area contributed by atoms with Crippen LogP contribution in [0.25, 0.3) is 22.4 Å². The summed E-state index contributed by atoms with van der Waals surface area (Å²) in [6.07, 6.45) is 2.88. The highest BCUT2D eigenvalue weighted by Crippen LogP contribution is 2.33. The average Bonchev–Trinajstić information content (AvgIpc) is 3.26. The Morgan fingerprint density at radius 3 is 2.96 bits per heavy atom. The lowest BCUT2D eigenvalue weighted by atomic mass is 9.90. The van der Waals surface area contributed by atoms with Crippen LogP contribution in [-0.4, -0.2) is 46.3 Å². The van der Waals surface area contributed by atoms with Crippen molar-refractivity contribution in [2.45, 2.75) is 6.42 Å². The molecule has 0 amide bonds. The lowest BCUT2D eigenvalue weighted by molar-refractivity contribution is 0.318. The highest BCUT2D eigenvalue weighted by Gasteiger charge is 2.35. The average molecular weight is 338 g/mol. The van der Waals surface area contributed by atoms with Crippen molar-refractivity contribution in [1.82, 2.24) is 25.5 Å². The van der Waals surface area contributed by atoms with E-state index in [1.165, 1.54) is 12.5 Å². The second kappa shape index (κ2) is 5.77. The van der Waals surface area contributed by atoms with Crippen LogP contribution in [0.1, 0.15) is 6.42 Å². The fraction of sp³-hybridized carbons (Fsp3) is 0.389. The Morgan fingerprint density at radius 2 is 2.04 bits per heavy atom. The minimum atomic E-state index is -0.362. The van der Waals surface area contributed by atoms with Gasteiger partial charge in [-0.25, -0.2) is 14.4 Å². The topological polar surface area (TPSA) is 69.7 Å². The molecule has 2 unspecified atom stereocenters. The molecule has 0 aromatic carbocycles. The number of rotatable bonds is 2. The number of fused-ring (bicyclic) bond motifs is 2. The first-order valence-electron chi connectivity index (χ1n) is 8.71. The second-order valence-corrected chi connectivity index (χ2v) is 6.89. The maximum Gasteiger partial charge on any atom is 0.155 e. The molecule has 2 N–H and O–H groups in total. The summed E-state index contributed by atoms with van der Waals surface area (Å²) in [7, 11) is 0. The molecule has 2 fully saturated rings. The van der Waals surface area contributed by atoms with Crippen molar-refractivity contribution in [2.75, 3.05) is 31.1 Å². The van der Waals surface area contributed by atoms with Crippen LogP contribution in [0.2, 0.25) is 0 Å². The van der Waals surface area contributed by atoms with Crippen molar-refractivity contribution in [3.8, 4) is 11.4 Å². The number of anilines is 1. The zero-order valence-corrected chi connectivity index (χ0v) is 13.7. The van der Waals surface area contributed by atoms with Gasteiger partial charge in [-0.1, -0.05) is 0 Å². The number of piperidine rings is 1. The van der Waals surface area contributed by atoms with Gasteiger partial charge in [0.25, 0.3) is 0 Å². The Kier molecular flexibility index (Phi) is 3.41. The van der Waals surface area contributed by atoms with Crippen molar-refractivity contribution in [1.29, 1.82) is 0 Å². The Hall–Kier alpha value is -2.54.